The normalized spacial score (nSPS) is 37.3. The molecule has 4 saturated carbocycles. The van der Waals surface area contributed by atoms with E-state index in [1.54, 1.807) is 13.2 Å². The number of piperidine rings is 1. The molecule has 5 fully saturated rings. The van der Waals surface area contributed by atoms with Crippen LogP contribution in [0.2, 0.25) is 0 Å². The molecule has 4 N–H and O–H groups in total. The van der Waals surface area contributed by atoms with Gasteiger partial charge in [0.2, 0.25) is 11.8 Å². The lowest BCUT2D eigenvalue weighted by molar-refractivity contribution is -0.276. The molecule has 0 aromatic heterocycles. The average molecular weight is 554 g/mol. The molecule has 4 bridgehead atoms. The monoisotopic (exact) mass is 553 g/mol. The summed E-state index contributed by atoms with van der Waals surface area (Å²) in [5, 5.41) is 25.7. The highest BCUT2D eigenvalue weighted by molar-refractivity contribution is 5.90. The minimum Gasteiger partial charge on any atom is -0.504 e. The number of ether oxygens (including phenoxy) is 2. The maximum Gasteiger partial charge on any atom is 0.305 e. The van der Waals surface area contributed by atoms with Crippen LogP contribution in [0.4, 0.5) is 0 Å². The number of carboxylic acids is 1. The Morgan fingerprint density at radius 2 is 2.02 bits per heavy atom. The van der Waals surface area contributed by atoms with Gasteiger partial charge in [0.1, 0.15) is 17.7 Å². The highest BCUT2D eigenvalue weighted by Crippen LogP contribution is 2.76. The van der Waals surface area contributed by atoms with Crippen molar-refractivity contribution in [2.24, 2.45) is 17.3 Å². The highest BCUT2D eigenvalue weighted by atomic mass is 16.6. The first-order chi connectivity index (χ1) is 19.1. The second-order valence-electron chi connectivity index (χ2n) is 13.1. The topological polar surface area (TPSA) is 137 Å². The molecule has 0 unspecified atom stereocenters. The van der Waals surface area contributed by atoms with Gasteiger partial charge in [-0.1, -0.05) is 6.07 Å². The number of nitrogens with zero attached hydrogens (tertiary/aromatic N) is 1. The van der Waals surface area contributed by atoms with Crippen LogP contribution in [0, 0.1) is 17.3 Å². The molecule has 7 atom stereocenters. The van der Waals surface area contributed by atoms with E-state index in [1.165, 1.54) is 30.9 Å². The number of phenols is 1. The summed E-state index contributed by atoms with van der Waals surface area (Å²) in [6.45, 7) is 3.70. The number of methoxy groups -OCH3 is 1. The van der Waals surface area contributed by atoms with Gasteiger partial charge < -0.3 is 30.3 Å². The van der Waals surface area contributed by atoms with Crippen LogP contribution in [-0.4, -0.2) is 83.4 Å². The maximum atomic E-state index is 13.1. The van der Waals surface area contributed by atoms with Gasteiger partial charge in [-0.3, -0.25) is 19.3 Å². The lowest BCUT2D eigenvalue weighted by Crippen LogP contribution is -2.81. The largest absolute Gasteiger partial charge is 0.504 e. The van der Waals surface area contributed by atoms with E-state index in [2.05, 4.69) is 21.6 Å². The Morgan fingerprint density at radius 1 is 1.23 bits per heavy atom. The van der Waals surface area contributed by atoms with Crippen LogP contribution < -0.4 is 15.4 Å². The molecule has 40 heavy (non-hydrogen) atoms. The molecule has 216 valence electrons. The van der Waals surface area contributed by atoms with Crippen molar-refractivity contribution in [1.29, 1.82) is 0 Å². The van der Waals surface area contributed by atoms with Gasteiger partial charge in [-0.15, -0.1) is 0 Å². The molecule has 7 aliphatic rings. The van der Waals surface area contributed by atoms with Gasteiger partial charge in [-0.25, -0.2) is 0 Å². The summed E-state index contributed by atoms with van der Waals surface area (Å²) in [6.07, 6.45) is 6.35. The van der Waals surface area contributed by atoms with Gasteiger partial charge in [0, 0.05) is 55.5 Å². The fourth-order valence-electron chi connectivity index (χ4n) is 9.77. The average Bonchev–Trinajstić information content (AvgIpc) is 3.66. The molecular weight excluding hydrogens is 514 g/mol. The Bertz CT molecular complexity index is 1270. The molecule has 8 rings (SSSR count). The number of hydrogen-bond donors (Lipinski definition) is 4. The van der Waals surface area contributed by atoms with Crippen LogP contribution in [0.1, 0.15) is 63.0 Å². The van der Waals surface area contributed by atoms with Crippen LogP contribution in [0.25, 0.3) is 0 Å². The molecule has 2 spiro atoms. The van der Waals surface area contributed by atoms with E-state index < -0.39 is 35.8 Å². The zero-order valence-corrected chi connectivity index (χ0v) is 23.2. The molecule has 1 aromatic carbocycles. The summed E-state index contributed by atoms with van der Waals surface area (Å²) in [5.41, 5.74) is 1.47. The summed E-state index contributed by atoms with van der Waals surface area (Å²) in [7, 11) is 1.73. The standard InChI is InChI=1S/C30H39N3O7/c1-16(34)32-20(12-23(36)37)26(38)31-14-19-13-28-7-8-30(19,39-2)27-29(28)9-10-33(15-17-3-4-17)22(28)11-18-5-6-21(35)25(40-27)24(18)29/h5-6,17,19-20,22,27,35H,3-4,7-15H2,1-2H3,(H,31,38)(H,32,34)(H,36,37)/t19-,20+,22-,27-,28-,29+,30-/m1/s1. The number of aliphatic carboxylic acids is 1. The van der Waals surface area contributed by atoms with Crippen molar-refractivity contribution in [3.05, 3.63) is 23.3 Å². The number of amides is 2. The van der Waals surface area contributed by atoms with Gasteiger partial charge in [0.15, 0.2) is 11.5 Å². The predicted octanol–water partition coefficient (Wildman–Crippen LogP) is 1.71. The maximum absolute atomic E-state index is 13.1. The number of benzene rings is 1. The Hall–Kier alpha value is -2.85. The fourth-order valence-corrected chi connectivity index (χ4v) is 9.77. The van der Waals surface area contributed by atoms with Crippen molar-refractivity contribution in [3.63, 3.8) is 0 Å². The zero-order valence-electron chi connectivity index (χ0n) is 23.2. The number of hydrogen-bond acceptors (Lipinski definition) is 7. The van der Waals surface area contributed by atoms with Gasteiger partial charge in [-0.2, -0.15) is 0 Å². The molecule has 10 heteroatoms. The van der Waals surface area contributed by atoms with Gasteiger partial charge >= 0.3 is 5.97 Å². The number of carbonyl (C=O) groups excluding carboxylic acids is 2. The SMILES string of the molecule is CO[C@]12CC[C@@]3(C[C@@H]1CNC(=O)[C@H](CC(=O)O)NC(C)=O)[C@H]1Cc4ccc(O)c5c4[C@@]3(CCN1CC1CC1)[C@H]2O5. The number of fused-ring (bicyclic) bond motifs is 2. The van der Waals surface area contributed by atoms with Crippen LogP contribution in [0.5, 0.6) is 11.5 Å². The van der Waals surface area contributed by atoms with E-state index in [0.717, 1.165) is 51.1 Å². The third-order valence-electron chi connectivity index (χ3n) is 11.4. The van der Waals surface area contributed by atoms with Crippen molar-refractivity contribution >= 4 is 17.8 Å². The van der Waals surface area contributed by atoms with E-state index in [4.69, 9.17) is 9.47 Å². The quantitative estimate of drug-likeness (QED) is 0.363. The lowest BCUT2D eigenvalue weighted by atomic mass is 9.35. The van der Waals surface area contributed by atoms with E-state index in [-0.39, 0.29) is 28.6 Å². The Kier molecular flexibility index (Phi) is 5.75. The van der Waals surface area contributed by atoms with Crippen molar-refractivity contribution in [3.8, 4) is 11.5 Å². The van der Waals surface area contributed by atoms with Gasteiger partial charge in [-0.05, 0) is 69.0 Å². The summed E-state index contributed by atoms with van der Waals surface area (Å²) >= 11 is 0. The van der Waals surface area contributed by atoms with Crippen LogP contribution in [-0.2, 0) is 31.0 Å². The number of phenolic OH excluding ortho intramolecular Hbond substituents is 1. The van der Waals surface area contributed by atoms with Crippen molar-refractivity contribution < 1.29 is 34.1 Å². The van der Waals surface area contributed by atoms with Crippen LogP contribution >= 0.6 is 0 Å². The predicted molar refractivity (Wildman–Crippen MR) is 143 cm³/mol. The lowest BCUT2D eigenvalue weighted by Gasteiger charge is -2.74. The fraction of sp³-hybridized carbons (Fsp3) is 0.700. The summed E-state index contributed by atoms with van der Waals surface area (Å²) in [4.78, 5) is 38.9. The molecule has 5 aliphatic carbocycles. The second-order valence-corrected chi connectivity index (χ2v) is 13.1. The molecule has 2 aliphatic heterocycles. The van der Waals surface area contributed by atoms with E-state index in [0.29, 0.717) is 18.3 Å². The first-order valence-electron chi connectivity index (χ1n) is 14.7. The van der Waals surface area contributed by atoms with Crippen LogP contribution in [0.15, 0.2) is 12.1 Å². The van der Waals surface area contributed by atoms with E-state index >= 15 is 0 Å². The summed E-state index contributed by atoms with van der Waals surface area (Å²) < 4.78 is 13.3. The zero-order chi connectivity index (χ0) is 28.0. The number of carboxylic acid groups (broad SMARTS) is 1. The molecule has 1 aromatic rings. The first kappa shape index (κ1) is 26.1. The van der Waals surface area contributed by atoms with Crippen LogP contribution in [0.3, 0.4) is 0 Å². The third-order valence-corrected chi connectivity index (χ3v) is 11.4. The third kappa shape index (κ3) is 3.38. The molecule has 1 saturated heterocycles. The molecule has 10 nitrogen and oxygen atoms in total. The first-order valence-corrected chi connectivity index (χ1v) is 14.7. The molecule has 2 amide bonds. The number of likely N-dealkylation sites (tertiary alicyclic amines) is 1. The Morgan fingerprint density at radius 3 is 2.73 bits per heavy atom. The van der Waals surface area contributed by atoms with E-state index in [1.807, 2.05) is 0 Å². The van der Waals surface area contributed by atoms with Crippen molar-refractivity contribution in [2.75, 3.05) is 26.7 Å². The minimum atomic E-state index is -1.15. The highest BCUT2D eigenvalue weighted by Gasteiger charge is 2.80. The van der Waals surface area contributed by atoms with Gasteiger partial charge in [0.05, 0.1) is 6.42 Å². The minimum absolute atomic E-state index is 0.0717. The summed E-state index contributed by atoms with van der Waals surface area (Å²) in [6, 6.07) is 3.06. The second kappa shape index (κ2) is 8.82. The number of nitrogens with one attached hydrogen (secondary N) is 2. The number of carbonyl (C=O) groups is 3. The van der Waals surface area contributed by atoms with Crippen molar-refractivity contribution in [2.45, 2.75) is 87.5 Å². The summed E-state index contributed by atoms with van der Waals surface area (Å²) in [5.74, 6) is -0.618. The Balaban J connectivity index is 1.26. The van der Waals surface area contributed by atoms with Crippen molar-refractivity contribution in [1.82, 2.24) is 15.5 Å². The molecular formula is C30H39N3O7. The number of aromatic hydroxyl groups is 1. The Labute approximate surface area is 233 Å². The number of rotatable bonds is 9. The van der Waals surface area contributed by atoms with Gasteiger partial charge in [0.25, 0.3) is 0 Å². The molecule has 2 heterocycles. The molecule has 0 radical (unpaired) electrons. The van der Waals surface area contributed by atoms with E-state index in [9.17, 15) is 24.6 Å². The smallest absolute Gasteiger partial charge is 0.305 e.